The van der Waals surface area contributed by atoms with Gasteiger partial charge in [-0.15, -0.1) is 0 Å². The highest BCUT2D eigenvalue weighted by atomic mass is 16.6. The molecule has 1 saturated heterocycles. The van der Waals surface area contributed by atoms with Gasteiger partial charge in [0.25, 0.3) is 0 Å². The van der Waals surface area contributed by atoms with Crippen LogP contribution in [0.5, 0.6) is 5.75 Å². The number of benzene rings is 2. The van der Waals surface area contributed by atoms with Crippen molar-refractivity contribution in [2.75, 3.05) is 19.7 Å². The van der Waals surface area contributed by atoms with E-state index in [0.717, 1.165) is 30.8 Å². The van der Waals surface area contributed by atoms with E-state index in [4.69, 9.17) is 14.2 Å². The number of carbonyl (C=O) groups is 1. The van der Waals surface area contributed by atoms with Gasteiger partial charge in [0.05, 0.1) is 13.2 Å². The quantitative estimate of drug-likeness (QED) is 0.797. The third-order valence-corrected chi connectivity index (χ3v) is 5.53. The molecule has 1 fully saturated rings. The lowest BCUT2D eigenvalue weighted by Crippen LogP contribution is -2.47. The van der Waals surface area contributed by atoms with Gasteiger partial charge in [-0.25, -0.2) is 4.79 Å². The number of fused-ring (bicyclic) bond motifs is 1. The van der Waals surface area contributed by atoms with Crippen LogP contribution in [0.25, 0.3) is 0 Å². The second kappa shape index (κ2) is 8.65. The Labute approximate surface area is 166 Å². The first-order valence-electron chi connectivity index (χ1n) is 10.0. The van der Waals surface area contributed by atoms with Gasteiger partial charge in [-0.3, -0.25) is 0 Å². The summed E-state index contributed by atoms with van der Waals surface area (Å²) in [6.07, 6.45) is 1.61. The lowest BCUT2D eigenvalue weighted by atomic mass is 9.96. The maximum atomic E-state index is 12.4. The highest BCUT2D eigenvalue weighted by Gasteiger charge is 2.31. The summed E-state index contributed by atoms with van der Waals surface area (Å²) >= 11 is 0. The fraction of sp³-hybridized carbons (Fsp3) is 0.435. The number of hydrogen-bond acceptors (Lipinski definition) is 4. The molecule has 0 bridgehead atoms. The molecule has 1 amide bonds. The Morgan fingerprint density at radius 3 is 2.86 bits per heavy atom. The third-order valence-electron chi connectivity index (χ3n) is 5.53. The molecule has 2 aromatic rings. The van der Waals surface area contributed by atoms with Gasteiger partial charge in [0.15, 0.2) is 0 Å². The molecule has 2 aromatic carbocycles. The van der Waals surface area contributed by atoms with Crippen molar-refractivity contribution >= 4 is 6.09 Å². The van der Waals surface area contributed by atoms with Gasteiger partial charge in [-0.2, -0.15) is 0 Å². The van der Waals surface area contributed by atoms with E-state index in [-0.39, 0.29) is 18.1 Å². The summed E-state index contributed by atoms with van der Waals surface area (Å²) in [5.41, 5.74) is 3.57. The van der Waals surface area contributed by atoms with Crippen LogP contribution in [0.3, 0.4) is 0 Å². The zero-order chi connectivity index (χ0) is 19.3. The first-order valence-corrected chi connectivity index (χ1v) is 10.0. The summed E-state index contributed by atoms with van der Waals surface area (Å²) in [4.78, 5) is 14.2. The van der Waals surface area contributed by atoms with Crippen molar-refractivity contribution in [1.82, 2.24) is 4.90 Å². The number of nitrogens with zero attached hydrogens (tertiary/aromatic N) is 1. The average Bonchev–Trinajstić information content (AvgIpc) is 2.74. The van der Waals surface area contributed by atoms with Crippen molar-refractivity contribution in [3.63, 3.8) is 0 Å². The van der Waals surface area contributed by atoms with E-state index < -0.39 is 0 Å². The predicted molar refractivity (Wildman–Crippen MR) is 106 cm³/mol. The van der Waals surface area contributed by atoms with Gasteiger partial charge in [0.1, 0.15) is 18.5 Å². The first kappa shape index (κ1) is 18.8. The summed E-state index contributed by atoms with van der Waals surface area (Å²) in [6, 6.07) is 16.0. The molecule has 0 spiro atoms. The van der Waals surface area contributed by atoms with Crippen LogP contribution in [0.4, 0.5) is 4.79 Å². The SMILES string of the molecule is CC1CN(C(=O)OCc2ccccc2)CCC1Oc1ccc2c(c1)CCOC2. The van der Waals surface area contributed by atoms with Crippen molar-refractivity contribution in [3.05, 3.63) is 65.2 Å². The number of hydrogen-bond donors (Lipinski definition) is 0. The molecule has 2 heterocycles. The molecule has 2 aliphatic heterocycles. The van der Waals surface area contributed by atoms with Gasteiger partial charge < -0.3 is 19.1 Å². The lowest BCUT2D eigenvalue weighted by molar-refractivity contribution is 0.0362. The van der Waals surface area contributed by atoms with Crippen molar-refractivity contribution < 1.29 is 19.0 Å². The van der Waals surface area contributed by atoms with Gasteiger partial charge in [-0.05, 0) is 35.2 Å². The Morgan fingerprint density at radius 1 is 1.18 bits per heavy atom. The summed E-state index contributed by atoms with van der Waals surface area (Å²) in [7, 11) is 0. The van der Waals surface area contributed by atoms with Crippen molar-refractivity contribution in [2.24, 2.45) is 5.92 Å². The van der Waals surface area contributed by atoms with Gasteiger partial charge in [-0.1, -0.05) is 43.3 Å². The van der Waals surface area contributed by atoms with Gasteiger partial charge >= 0.3 is 6.09 Å². The highest BCUT2D eigenvalue weighted by Crippen LogP contribution is 2.27. The standard InChI is InChI=1S/C23H27NO4/c1-17-14-24(23(25)27-15-18-5-3-2-4-6-18)11-9-22(17)28-21-8-7-20-16-26-12-10-19(20)13-21/h2-8,13,17,22H,9-12,14-16H2,1H3. The minimum atomic E-state index is -0.247. The smallest absolute Gasteiger partial charge is 0.410 e. The zero-order valence-electron chi connectivity index (χ0n) is 16.3. The Bertz CT molecular complexity index is 808. The fourth-order valence-electron chi connectivity index (χ4n) is 3.86. The van der Waals surface area contributed by atoms with Gasteiger partial charge in [0.2, 0.25) is 0 Å². The number of likely N-dealkylation sites (tertiary alicyclic amines) is 1. The average molecular weight is 381 g/mol. The Morgan fingerprint density at radius 2 is 2.04 bits per heavy atom. The molecular formula is C23H27NO4. The van der Waals surface area contributed by atoms with Crippen LogP contribution in [0.1, 0.15) is 30.0 Å². The minimum Gasteiger partial charge on any atom is -0.490 e. The van der Waals surface area contributed by atoms with Gasteiger partial charge in [0, 0.05) is 25.4 Å². The fourth-order valence-corrected chi connectivity index (χ4v) is 3.86. The van der Waals surface area contributed by atoms with Crippen molar-refractivity contribution in [2.45, 2.75) is 39.1 Å². The van der Waals surface area contributed by atoms with Crippen molar-refractivity contribution in [3.8, 4) is 5.75 Å². The summed E-state index contributed by atoms with van der Waals surface area (Å²) in [6.45, 7) is 5.21. The number of ether oxygens (including phenoxy) is 3. The van der Waals surface area contributed by atoms with Crippen LogP contribution in [0.2, 0.25) is 0 Å². The minimum absolute atomic E-state index is 0.107. The van der Waals surface area contributed by atoms with E-state index in [1.165, 1.54) is 11.1 Å². The monoisotopic (exact) mass is 381 g/mol. The molecule has 28 heavy (non-hydrogen) atoms. The van der Waals surface area contributed by atoms with E-state index >= 15 is 0 Å². The van der Waals surface area contributed by atoms with Crippen LogP contribution >= 0.6 is 0 Å². The van der Waals surface area contributed by atoms with E-state index in [1.54, 1.807) is 4.90 Å². The second-order valence-electron chi connectivity index (χ2n) is 7.64. The van der Waals surface area contributed by atoms with E-state index in [0.29, 0.717) is 26.3 Å². The molecule has 2 atom stereocenters. The maximum Gasteiger partial charge on any atom is 0.410 e. The topological polar surface area (TPSA) is 48.0 Å². The molecule has 0 aliphatic carbocycles. The van der Waals surface area contributed by atoms with E-state index in [2.05, 4.69) is 19.1 Å². The molecule has 0 aromatic heterocycles. The van der Waals surface area contributed by atoms with Crippen LogP contribution in [-0.2, 0) is 29.1 Å². The molecule has 5 nitrogen and oxygen atoms in total. The Hall–Kier alpha value is -2.53. The molecule has 148 valence electrons. The number of carbonyl (C=O) groups excluding carboxylic acids is 1. The van der Waals surface area contributed by atoms with Crippen LogP contribution in [0, 0.1) is 5.92 Å². The normalized spacial score (nSPS) is 21.7. The number of rotatable bonds is 4. The van der Waals surface area contributed by atoms with Crippen LogP contribution in [0.15, 0.2) is 48.5 Å². The molecule has 5 heteroatoms. The Balaban J connectivity index is 1.29. The summed E-state index contributed by atoms with van der Waals surface area (Å²) in [5.74, 6) is 1.16. The zero-order valence-corrected chi connectivity index (χ0v) is 16.3. The van der Waals surface area contributed by atoms with E-state index in [9.17, 15) is 4.79 Å². The predicted octanol–water partition coefficient (Wildman–Crippen LogP) is 4.19. The maximum absolute atomic E-state index is 12.4. The largest absolute Gasteiger partial charge is 0.490 e. The number of piperidine rings is 1. The molecule has 0 saturated carbocycles. The molecular weight excluding hydrogens is 354 g/mol. The second-order valence-corrected chi connectivity index (χ2v) is 7.64. The molecule has 0 N–H and O–H groups in total. The Kier molecular flexibility index (Phi) is 5.81. The third kappa shape index (κ3) is 4.47. The van der Waals surface area contributed by atoms with Crippen molar-refractivity contribution in [1.29, 1.82) is 0 Å². The van der Waals surface area contributed by atoms with E-state index in [1.807, 2.05) is 36.4 Å². The first-order chi connectivity index (χ1) is 13.7. The molecule has 2 unspecified atom stereocenters. The van der Waals surface area contributed by atoms with Crippen LogP contribution < -0.4 is 4.74 Å². The molecule has 2 aliphatic rings. The molecule has 4 rings (SSSR count). The number of amides is 1. The highest BCUT2D eigenvalue weighted by molar-refractivity contribution is 5.67. The lowest BCUT2D eigenvalue weighted by Gasteiger charge is -2.36. The summed E-state index contributed by atoms with van der Waals surface area (Å²) in [5, 5.41) is 0. The summed E-state index contributed by atoms with van der Waals surface area (Å²) < 4.78 is 17.2. The van der Waals surface area contributed by atoms with Crippen LogP contribution in [-0.4, -0.2) is 36.8 Å². The molecule has 0 radical (unpaired) electrons.